The average Bonchev–Trinajstić information content (AvgIpc) is 2.32. The first kappa shape index (κ1) is 10.6. The maximum atomic E-state index is 4.10. The Morgan fingerprint density at radius 2 is 2.00 bits per heavy atom. The molecule has 0 fully saturated rings. The zero-order valence-corrected chi connectivity index (χ0v) is 9.72. The van der Waals surface area contributed by atoms with Crippen molar-refractivity contribution in [3.63, 3.8) is 0 Å². The second-order valence-electron chi connectivity index (χ2n) is 4.34. The summed E-state index contributed by atoms with van der Waals surface area (Å²) < 4.78 is 1.90. The number of aromatic nitrogens is 3. The van der Waals surface area contributed by atoms with Gasteiger partial charge in [-0.15, -0.1) is 16.9 Å². The van der Waals surface area contributed by atoms with E-state index in [2.05, 4.69) is 44.9 Å². The van der Waals surface area contributed by atoms with Gasteiger partial charge >= 0.3 is 0 Å². The molecule has 0 spiro atoms. The van der Waals surface area contributed by atoms with Gasteiger partial charge in [-0.25, -0.2) is 4.68 Å². The van der Waals surface area contributed by atoms with E-state index in [0.29, 0.717) is 5.25 Å². The third kappa shape index (κ3) is 3.03. The number of rotatable bonds is 2. The fourth-order valence-corrected chi connectivity index (χ4v) is 1.60. The van der Waals surface area contributed by atoms with Crippen LogP contribution in [0.25, 0.3) is 0 Å². The molecule has 0 radical (unpaired) electrons. The van der Waals surface area contributed by atoms with Crippen molar-refractivity contribution in [2.45, 2.75) is 50.4 Å². The first-order chi connectivity index (χ1) is 5.89. The Morgan fingerprint density at radius 1 is 1.38 bits per heavy atom. The predicted molar refractivity (Wildman–Crippen MR) is 56.0 cm³/mol. The van der Waals surface area contributed by atoms with E-state index in [9.17, 15) is 0 Å². The van der Waals surface area contributed by atoms with Gasteiger partial charge in [0.1, 0.15) is 5.03 Å². The van der Waals surface area contributed by atoms with E-state index in [1.54, 1.807) is 11.8 Å². The molecule has 0 saturated heterocycles. The lowest BCUT2D eigenvalue weighted by atomic mass is 10.1. The van der Waals surface area contributed by atoms with Crippen molar-refractivity contribution in [1.82, 2.24) is 15.0 Å². The molecule has 74 valence electrons. The van der Waals surface area contributed by atoms with Crippen molar-refractivity contribution >= 4 is 11.8 Å². The predicted octanol–water partition coefficient (Wildman–Crippen LogP) is 2.53. The molecule has 3 nitrogen and oxygen atoms in total. The first-order valence-electron chi connectivity index (χ1n) is 4.49. The first-order valence-corrected chi connectivity index (χ1v) is 5.37. The molecule has 1 aromatic heterocycles. The van der Waals surface area contributed by atoms with E-state index < -0.39 is 0 Å². The Hall–Kier alpha value is -0.510. The Bertz CT molecular complexity index is 273. The number of nitrogens with zero attached hydrogens (tertiary/aromatic N) is 3. The highest BCUT2D eigenvalue weighted by molar-refractivity contribution is 7.99. The van der Waals surface area contributed by atoms with Gasteiger partial charge in [0.15, 0.2) is 0 Å². The second-order valence-corrected chi connectivity index (χ2v) is 5.94. The zero-order valence-electron chi connectivity index (χ0n) is 8.90. The van der Waals surface area contributed by atoms with Crippen molar-refractivity contribution < 1.29 is 0 Å². The van der Waals surface area contributed by atoms with Gasteiger partial charge < -0.3 is 0 Å². The van der Waals surface area contributed by atoms with Crippen molar-refractivity contribution in [2.24, 2.45) is 0 Å². The molecule has 0 aliphatic rings. The third-order valence-corrected chi connectivity index (χ3v) is 2.42. The van der Waals surface area contributed by atoms with Gasteiger partial charge in [0.25, 0.3) is 0 Å². The summed E-state index contributed by atoms with van der Waals surface area (Å²) in [4.78, 5) is 0. The molecule has 0 bridgehead atoms. The maximum Gasteiger partial charge on any atom is 0.139 e. The Morgan fingerprint density at radius 3 is 2.38 bits per heavy atom. The quantitative estimate of drug-likeness (QED) is 0.686. The fraction of sp³-hybridized carbons (Fsp3) is 0.778. The number of hydrogen-bond donors (Lipinski definition) is 0. The van der Waals surface area contributed by atoms with E-state index in [1.807, 2.05) is 10.9 Å². The average molecular weight is 199 g/mol. The van der Waals surface area contributed by atoms with Crippen LogP contribution in [-0.2, 0) is 5.54 Å². The molecule has 0 saturated carbocycles. The molecule has 0 aromatic carbocycles. The van der Waals surface area contributed by atoms with Gasteiger partial charge in [0, 0.05) is 5.25 Å². The summed E-state index contributed by atoms with van der Waals surface area (Å²) in [6.07, 6.45) is 2.00. The van der Waals surface area contributed by atoms with Crippen LogP contribution in [0.5, 0.6) is 0 Å². The minimum absolute atomic E-state index is 0.0305. The summed E-state index contributed by atoms with van der Waals surface area (Å²) in [5.41, 5.74) is 0.0305. The largest absolute Gasteiger partial charge is 0.246 e. The summed E-state index contributed by atoms with van der Waals surface area (Å²) in [6.45, 7) is 10.7. The van der Waals surface area contributed by atoms with Gasteiger partial charge in [0.2, 0.25) is 0 Å². The minimum atomic E-state index is 0.0305. The maximum absolute atomic E-state index is 4.10. The summed E-state index contributed by atoms with van der Waals surface area (Å²) in [5, 5.41) is 9.75. The Labute approximate surface area is 83.9 Å². The Balaban J connectivity index is 2.75. The van der Waals surface area contributed by atoms with Crippen molar-refractivity contribution in [1.29, 1.82) is 0 Å². The van der Waals surface area contributed by atoms with Crippen molar-refractivity contribution in [3.05, 3.63) is 6.20 Å². The van der Waals surface area contributed by atoms with Crippen LogP contribution < -0.4 is 0 Å². The third-order valence-electron chi connectivity index (χ3n) is 1.52. The van der Waals surface area contributed by atoms with Gasteiger partial charge in [-0.2, -0.15) is 0 Å². The van der Waals surface area contributed by atoms with Crippen molar-refractivity contribution in [3.8, 4) is 0 Å². The van der Waals surface area contributed by atoms with Gasteiger partial charge in [0.05, 0.1) is 11.7 Å². The van der Waals surface area contributed by atoms with Crippen LogP contribution in [0.4, 0.5) is 0 Å². The van der Waals surface area contributed by atoms with Crippen LogP contribution >= 0.6 is 11.8 Å². The smallest absolute Gasteiger partial charge is 0.139 e. The van der Waals surface area contributed by atoms with E-state index >= 15 is 0 Å². The lowest BCUT2D eigenvalue weighted by molar-refractivity contribution is 0.346. The highest BCUT2D eigenvalue weighted by Gasteiger charge is 2.15. The van der Waals surface area contributed by atoms with E-state index in [0.717, 1.165) is 5.03 Å². The fourth-order valence-electron chi connectivity index (χ4n) is 0.872. The molecule has 1 heterocycles. The van der Waals surface area contributed by atoms with Crippen LogP contribution in [0.1, 0.15) is 34.6 Å². The van der Waals surface area contributed by atoms with E-state index in [1.165, 1.54) is 0 Å². The summed E-state index contributed by atoms with van der Waals surface area (Å²) in [6, 6.07) is 0. The summed E-state index contributed by atoms with van der Waals surface area (Å²) in [7, 11) is 0. The standard InChI is InChI=1S/C9H17N3S/c1-7(2)13-8-6-12(11-10-8)9(3,4)5/h6-7H,1-5H3. The number of hydrogen-bond acceptors (Lipinski definition) is 3. The molecule has 0 aliphatic heterocycles. The highest BCUT2D eigenvalue weighted by atomic mass is 32.2. The van der Waals surface area contributed by atoms with Crippen LogP contribution in [-0.4, -0.2) is 20.2 Å². The lowest BCUT2D eigenvalue weighted by Crippen LogP contribution is -2.22. The van der Waals surface area contributed by atoms with Crippen molar-refractivity contribution in [2.75, 3.05) is 0 Å². The number of thioether (sulfide) groups is 1. The summed E-state index contributed by atoms with van der Waals surface area (Å²) >= 11 is 1.74. The normalized spacial score (nSPS) is 12.5. The molecular weight excluding hydrogens is 182 g/mol. The summed E-state index contributed by atoms with van der Waals surface area (Å²) in [5.74, 6) is 0. The molecule has 1 rings (SSSR count). The topological polar surface area (TPSA) is 30.7 Å². The van der Waals surface area contributed by atoms with Crippen LogP contribution in [0.15, 0.2) is 11.2 Å². The van der Waals surface area contributed by atoms with Gasteiger partial charge in [-0.05, 0) is 20.8 Å². The molecule has 13 heavy (non-hydrogen) atoms. The van der Waals surface area contributed by atoms with Crippen LogP contribution in [0.2, 0.25) is 0 Å². The molecule has 0 aliphatic carbocycles. The molecule has 1 aromatic rings. The second kappa shape index (κ2) is 3.70. The van der Waals surface area contributed by atoms with Gasteiger partial charge in [-0.3, -0.25) is 0 Å². The molecular formula is C9H17N3S. The lowest BCUT2D eigenvalue weighted by Gasteiger charge is -2.17. The monoisotopic (exact) mass is 199 g/mol. The Kier molecular flexibility index (Phi) is 3.01. The van der Waals surface area contributed by atoms with Crippen LogP contribution in [0.3, 0.4) is 0 Å². The van der Waals surface area contributed by atoms with Gasteiger partial charge in [-0.1, -0.05) is 19.1 Å². The SMILES string of the molecule is CC(C)Sc1cn(C(C)(C)C)nn1. The van der Waals surface area contributed by atoms with Crippen LogP contribution in [0, 0.1) is 0 Å². The highest BCUT2D eigenvalue weighted by Crippen LogP contribution is 2.21. The molecule has 4 heteroatoms. The molecule has 0 atom stereocenters. The zero-order chi connectivity index (χ0) is 10.1. The minimum Gasteiger partial charge on any atom is -0.246 e. The molecule has 0 N–H and O–H groups in total. The van der Waals surface area contributed by atoms with E-state index in [-0.39, 0.29) is 5.54 Å². The molecule has 0 amide bonds. The van der Waals surface area contributed by atoms with E-state index in [4.69, 9.17) is 0 Å². The molecule has 0 unspecified atom stereocenters.